The van der Waals surface area contributed by atoms with Gasteiger partial charge in [-0.3, -0.25) is 4.79 Å². The van der Waals surface area contributed by atoms with E-state index in [1.54, 1.807) is 23.1 Å². The maximum atomic E-state index is 13.1. The van der Waals surface area contributed by atoms with Crippen molar-refractivity contribution >= 4 is 21.6 Å². The monoisotopic (exact) mass is 462 g/mol. The SMILES string of the molecule is Cc1ccc(C(=O)N2CCCc3cc(S(=O)(=O)N[C@H](C)CCc4ccccc4)ccc32)cc1. The average Bonchev–Trinajstić information content (AvgIpc) is 2.82. The summed E-state index contributed by atoms with van der Waals surface area (Å²) in [5, 5.41) is 0. The highest BCUT2D eigenvalue weighted by atomic mass is 32.2. The molecule has 1 atom stereocenters. The molecule has 6 heteroatoms. The Balaban J connectivity index is 1.48. The third-order valence-electron chi connectivity index (χ3n) is 6.09. The first kappa shape index (κ1) is 23.2. The van der Waals surface area contributed by atoms with Crippen LogP contribution in [0.2, 0.25) is 0 Å². The summed E-state index contributed by atoms with van der Waals surface area (Å²) in [6.07, 6.45) is 3.08. The third kappa shape index (κ3) is 5.52. The fraction of sp³-hybridized carbons (Fsp3) is 0.296. The predicted octanol–water partition coefficient (Wildman–Crippen LogP) is 4.89. The number of rotatable bonds is 7. The number of hydrogen-bond donors (Lipinski definition) is 1. The summed E-state index contributed by atoms with van der Waals surface area (Å²) in [6.45, 7) is 4.50. The van der Waals surface area contributed by atoms with Crippen molar-refractivity contribution in [2.45, 2.75) is 50.5 Å². The van der Waals surface area contributed by atoms with Gasteiger partial charge in [0.2, 0.25) is 10.0 Å². The second-order valence-corrected chi connectivity index (χ2v) is 10.5. The molecule has 0 saturated heterocycles. The lowest BCUT2D eigenvalue weighted by Crippen LogP contribution is -2.36. The number of aryl methyl sites for hydroxylation is 3. The van der Waals surface area contributed by atoms with Crippen molar-refractivity contribution in [2.75, 3.05) is 11.4 Å². The van der Waals surface area contributed by atoms with Crippen molar-refractivity contribution in [1.29, 1.82) is 0 Å². The quantitative estimate of drug-likeness (QED) is 0.544. The minimum Gasteiger partial charge on any atom is -0.308 e. The third-order valence-corrected chi connectivity index (χ3v) is 7.68. The summed E-state index contributed by atoms with van der Waals surface area (Å²) in [6, 6.07) is 22.5. The minimum atomic E-state index is -3.65. The van der Waals surface area contributed by atoms with Gasteiger partial charge in [0.05, 0.1) is 4.90 Å². The number of amides is 1. The molecule has 1 N–H and O–H groups in total. The molecule has 5 nitrogen and oxygen atoms in total. The molecule has 1 amide bonds. The number of carbonyl (C=O) groups is 1. The maximum Gasteiger partial charge on any atom is 0.258 e. The molecule has 0 aromatic heterocycles. The van der Waals surface area contributed by atoms with E-state index in [0.29, 0.717) is 18.5 Å². The molecule has 4 rings (SSSR count). The Morgan fingerprint density at radius 3 is 2.48 bits per heavy atom. The smallest absolute Gasteiger partial charge is 0.258 e. The first-order valence-corrected chi connectivity index (χ1v) is 12.9. The number of hydrogen-bond acceptors (Lipinski definition) is 3. The van der Waals surface area contributed by atoms with E-state index in [1.165, 1.54) is 5.56 Å². The molecule has 0 saturated carbocycles. The van der Waals surface area contributed by atoms with Crippen LogP contribution in [0.4, 0.5) is 5.69 Å². The number of benzene rings is 3. The van der Waals surface area contributed by atoms with Crippen LogP contribution in [0, 0.1) is 6.92 Å². The molecular formula is C27H30N2O3S. The normalized spacial score (nSPS) is 14.5. The van der Waals surface area contributed by atoms with Crippen LogP contribution >= 0.6 is 0 Å². The Kier molecular flexibility index (Phi) is 6.96. The number of anilines is 1. The molecule has 0 radical (unpaired) electrons. The second-order valence-electron chi connectivity index (χ2n) is 8.76. The van der Waals surface area contributed by atoms with Gasteiger partial charge in [-0.25, -0.2) is 13.1 Å². The molecule has 0 spiro atoms. The van der Waals surface area contributed by atoms with Gasteiger partial charge in [0, 0.05) is 23.8 Å². The zero-order chi connectivity index (χ0) is 23.4. The zero-order valence-electron chi connectivity index (χ0n) is 19.1. The van der Waals surface area contributed by atoms with E-state index >= 15 is 0 Å². The van der Waals surface area contributed by atoms with E-state index in [4.69, 9.17) is 0 Å². The van der Waals surface area contributed by atoms with Crippen LogP contribution in [0.1, 0.15) is 46.8 Å². The summed E-state index contributed by atoms with van der Waals surface area (Å²) in [5.41, 5.74) is 4.62. The molecule has 0 aliphatic carbocycles. The molecule has 33 heavy (non-hydrogen) atoms. The first-order chi connectivity index (χ1) is 15.8. The molecule has 3 aromatic carbocycles. The van der Waals surface area contributed by atoms with Gasteiger partial charge in [0.1, 0.15) is 0 Å². The predicted molar refractivity (Wildman–Crippen MR) is 132 cm³/mol. The number of carbonyl (C=O) groups excluding carboxylic acids is 1. The Hall–Kier alpha value is -2.96. The summed E-state index contributed by atoms with van der Waals surface area (Å²) < 4.78 is 28.8. The van der Waals surface area contributed by atoms with E-state index in [-0.39, 0.29) is 16.8 Å². The number of fused-ring (bicyclic) bond motifs is 1. The summed E-state index contributed by atoms with van der Waals surface area (Å²) in [4.78, 5) is 15.1. The molecule has 3 aromatic rings. The van der Waals surface area contributed by atoms with E-state index < -0.39 is 10.0 Å². The molecule has 1 heterocycles. The minimum absolute atomic E-state index is 0.0563. The van der Waals surface area contributed by atoms with Crippen LogP contribution in [-0.2, 0) is 22.9 Å². The van der Waals surface area contributed by atoms with E-state index in [9.17, 15) is 13.2 Å². The van der Waals surface area contributed by atoms with Crippen molar-refractivity contribution < 1.29 is 13.2 Å². The van der Waals surface area contributed by atoms with Gasteiger partial charge in [-0.2, -0.15) is 0 Å². The average molecular weight is 463 g/mol. The van der Waals surface area contributed by atoms with E-state index in [1.807, 2.05) is 68.4 Å². The first-order valence-electron chi connectivity index (χ1n) is 11.4. The van der Waals surface area contributed by atoms with Gasteiger partial charge in [-0.15, -0.1) is 0 Å². The molecule has 0 fully saturated rings. The molecule has 1 aliphatic heterocycles. The summed E-state index contributed by atoms with van der Waals surface area (Å²) in [7, 11) is -3.65. The molecule has 172 valence electrons. The van der Waals surface area contributed by atoms with Gasteiger partial charge < -0.3 is 4.90 Å². The van der Waals surface area contributed by atoms with Crippen LogP contribution < -0.4 is 9.62 Å². The van der Waals surface area contributed by atoms with Gasteiger partial charge in [0.25, 0.3) is 5.91 Å². The van der Waals surface area contributed by atoms with E-state index in [0.717, 1.165) is 36.1 Å². The zero-order valence-corrected chi connectivity index (χ0v) is 19.9. The Labute approximate surface area is 196 Å². The highest BCUT2D eigenvalue weighted by molar-refractivity contribution is 7.89. The van der Waals surface area contributed by atoms with Crippen LogP contribution in [0.15, 0.2) is 77.7 Å². The Bertz CT molecular complexity index is 1220. The summed E-state index contributed by atoms with van der Waals surface area (Å²) >= 11 is 0. The van der Waals surface area contributed by atoms with Crippen LogP contribution in [0.3, 0.4) is 0 Å². The van der Waals surface area contributed by atoms with Crippen molar-refractivity contribution in [3.63, 3.8) is 0 Å². The van der Waals surface area contributed by atoms with Crippen LogP contribution in [-0.4, -0.2) is 26.9 Å². The Morgan fingerprint density at radius 1 is 1.03 bits per heavy atom. The summed E-state index contributed by atoms with van der Waals surface area (Å²) in [5.74, 6) is -0.0563. The van der Waals surface area contributed by atoms with Crippen molar-refractivity contribution in [3.8, 4) is 0 Å². The molecule has 0 bridgehead atoms. The number of nitrogens with zero attached hydrogens (tertiary/aromatic N) is 1. The van der Waals surface area contributed by atoms with Crippen molar-refractivity contribution in [3.05, 3.63) is 95.1 Å². The highest BCUT2D eigenvalue weighted by Crippen LogP contribution is 2.31. The fourth-order valence-corrected chi connectivity index (χ4v) is 5.55. The lowest BCUT2D eigenvalue weighted by Gasteiger charge is -2.30. The lowest BCUT2D eigenvalue weighted by atomic mass is 10.0. The van der Waals surface area contributed by atoms with Gasteiger partial charge in [-0.1, -0.05) is 48.0 Å². The molecule has 0 unspecified atom stereocenters. The van der Waals surface area contributed by atoms with Crippen molar-refractivity contribution in [1.82, 2.24) is 4.72 Å². The van der Waals surface area contributed by atoms with E-state index in [2.05, 4.69) is 4.72 Å². The highest BCUT2D eigenvalue weighted by Gasteiger charge is 2.26. The fourth-order valence-electron chi connectivity index (χ4n) is 4.22. The number of nitrogens with one attached hydrogen (secondary N) is 1. The van der Waals surface area contributed by atoms with Crippen molar-refractivity contribution in [2.24, 2.45) is 0 Å². The molecular weight excluding hydrogens is 432 g/mol. The standard InChI is InChI=1S/C27H30N2O3S/c1-20-10-14-23(15-11-20)27(30)29-18-6-9-24-19-25(16-17-26(24)29)33(31,32)28-21(2)12-13-22-7-4-3-5-8-22/h3-5,7-8,10-11,14-17,19,21,28H,6,9,12-13,18H2,1-2H3/t21-/m1/s1. The van der Waals surface area contributed by atoms with Gasteiger partial charge >= 0.3 is 0 Å². The Morgan fingerprint density at radius 2 is 1.76 bits per heavy atom. The van der Waals surface area contributed by atoms with Gasteiger partial charge in [0.15, 0.2) is 0 Å². The van der Waals surface area contributed by atoms with Crippen LogP contribution in [0.25, 0.3) is 0 Å². The number of sulfonamides is 1. The largest absolute Gasteiger partial charge is 0.308 e. The van der Waals surface area contributed by atoms with Crippen LogP contribution in [0.5, 0.6) is 0 Å². The maximum absolute atomic E-state index is 13.1. The lowest BCUT2D eigenvalue weighted by molar-refractivity contribution is 0.0985. The molecule has 1 aliphatic rings. The topological polar surface area (TPSA) is 66.5 Å². The van der Waals surface area contributed by atoms with Gasteiger partial charge in [-0.05, 0) is 81.0 Å². The second kappa shape index (κ2) is 9.89.